The van der Waals surface area contributed by atoms with E-state index in [-0.39, 0.29) is 38.2 Å². The van der Waals surface area contributed by atoms with E-state index in [2.05, 4.69) is 98.9 Å². The van der Waals surface area contributed by atoms with Gasteiger partial charge in [-0.3, -0.25) is 9.59 Å². The largest absolute Gasteiger partial charge is 0.477 e. The van der Waals surface area contributed by atoms with Crippen LogP contribution in [0.15, 0.2) is 85.1 Å². The van der Waals surface area contributed by atoms with Gasteiger partial charge < -0.3 is 28.5 Å². The Kier molecular flexibility index (Phi) is 73.4. The number of ether oxygens (including phenoxy) is 4. The number of unbranched alkanes of at least 4 members (excludes halogenated alkanes) is 47. The third-order valence-electron chi connectivity index (χ3n) is 18.1. The number of hydrogen-bond donors (Lipinski definition) is 1. The SMILES string of the molecule is CC/C=C\C/C=C\C/C=C\C/C=C\C/C=C\CCCCCCCCCCCCCCCCCCCCCC(=O)OC(COC(=O)CCCCCCCCCCCCCCCCCCCCCCCCC/C=C\C/C=C\CCCCCCC)COC(OCC[N+](C)(C)C)C(=O)O. The fourth-order valence-electron chi connectivity index (χ4n) is 12.0. The van der Waals surface area contributed by atoms with E-state index in [9.17, 15) is 19.5 Å². The molecule has 0 saturated heterocycles. The number of aliphatic carboxylic acids is 1. The first-order chi connectivity index (χ1) is 46.6. The molecule has 0 aromatic rings. The van der Waals surface area contributed by atoms with Crippen molar-refractivity contribution in [2.75, 3.05) is 47.5 Å². The van der Waals surface area contributed by atoms with Gasteiger partial charge in [-0.05, 0) is 89.9 Å². The lowest BCUT2D eigenvalue weighted by Gasteiger charge is -2.25. The molecular formula is C86H156NO8+. The molecule has 9 heteroatoms. The molecule has 1 N–H and O–H groups in total. The van der Waals surface area contributed by atoms with Crippen molar-refractivity contribution in [2.45, 2.75) is 399 Å². The van der Waals surface area contributed by atoms with Gasteiger partial charge in [-0.2, -0.15) is 0 Å². The quantitative estimate of drug-likeness (QED) is 0.0211. The molecule has 552 valence electrons. The summed E-state index contributed by atoms with van der Waals surface area (Å²) in [7, 11) is 5.99. The summed E-state index contributed by atoms with van der Waals surface area (Å²) in [6, 6.07) is 0. The van der Waals surface area contributed by atoms with Gasteiger partial charge in [-0.1, -0.05) is 369 Å². The van der Waals surface area contributed by atoms with Crippen molar-refractivity contribution < 1.29 is 42.9 Å². The van der Waals surface area contributed by atoms with Crippen LogP contribution in [0.4, 0.5) is 0 Å². The highest BCUT2D eigenvalue weighted by Gasteiger charge is 2.25. The fourth-order valence-corrected chi connectivity index (χ4v) is 12.0. The van der Waals surface area contributed by atoms with Gasteiger partial charge in [-0.15, -0.1) is 0 Å². The molecule has 0 heterocycles. The van der Waals surface area contributed by atoms with Crippen LogP contribution in [0, 0.1) is 0 Å². The van der Waals surface area contributed by atoms with Crippen molar-refractivity contribution in [2.24, 2.45) is 0 Å². The zero-order valence-electron chi connectivity index (χ0n) is 63.3. The van der Waals surface area contributed by atoms with Gasteiger partial charge in [-0.25, -0.2) is 4.79 Å². The molecule has 0 rings (SSSR count). The Labute approximate surface area is 589 Å². The number of carbonyl (C=O) groups is 3. The lowest BCUT2D eigenvalue weighted by atomic mass is 10.0. The van der Waals surface area contributed by atoms with E-state index < -0.39 is 18.4 Å². The average Bonchev–Trinajstić information content (AvgIpc) is 3.58. The molecule has 0 aliphatic rings. The van der Waals surface area contributed by atoms with Gasteiger partial charge in [0.25, 0.3) is 6.29 Å². The molecule has 0 fully saturated rings. The normalized spacial score (nSPS) is 13.1. The molecule has 0 aliphatic heterocycles. The number of carboxylic acids is 1. The monoisotopic (exact) mass is 1330 g/mol. The third-order valence-corrected chi connectivity index (χ3v) is 18.1. The molecule has 0 bridgehead atoms. The lowest BCUT2D eigenvalue weighted by molar-refractivity contribution is -0.870. The molecule has 2 atom stereocenters. The van der Waals surface area contributed by atoms with Crippen molar-refractivity contribution in [1.29, 1.82) is 0 Å². The molecule has 95 heavy (non-hydrogen) atoms. The van der Waals surface area contributed by atoms with Crippen molar-refractivity contribution in [3.63, 3.8) is 0 Å². The summed E-state index contributed by atoms with van der Waals surface area (Å²) in [6.45, 7) is 4.81. The predicted molar refractivity (Wildman–Crippen MR) is 410 cm³/mol. The number of hydrogen-bond acceptors (Lipinski definition) is 7. The lowest BCUT2D eigenvalue weighted by Crippen LogP contribution is -2.40. The van der Waals surface area contributed by atoms with Gasteiger partial charge >= 0.3 is 17.9 Å². The zero-order chi connectivity index (χ0) is 69.0. The Hall–Kier alpha value is -3.53. The van der Waals surface area contributed by atoms with Gasteiger partial charge in [0.1, 0.15) is 13.2 Å². The van der Waals surface area contributed by atoms with E-state index in [1.165, 1.54) is 283 Å². The summed E-state index contributed by atoms with van der Waals surface area (Å²) in [5.74, 6) is -1.98. The highest BCUT2D eigenvalue weighted by Crippen LogP contribution is 2.19. The van der Waals surface area contributed by atoms with Crippen molar-refractivity contribution >= 4 is 17.9 Å². The smallest absolute Gasteiger partial charge is 0.361 e. The molecular weight excluding hydrogens is 1170 g/mol. The maximum Gasteiger partial charge on any atom is 0.361 e. The molecule has 9 nitrogen and oxygen atoms in total. The van der Waals surface area contributed by atoms with E-state index in [4.69, 9.17) is 18.9 Å². The molecule has 0 spiro atoms. The molecule has 0 aromatic heterocycles. The molecule has 0 aliphatic carbocycles. The average molecular weight is 1330 g/mol. The van der Waals surface area contributed by atoms with Crippen LogP contribution in [-0.4, -0.2) is 87.4 Å². The summed E-state index contributed by atoms with van der Waals surface area (Å²) in [4.78, 5) is 37.8. The van der Waals surface area contributed by atoms with Crippen molar-refractivity contribution in [1.82, 2.24) is 0 Å². The number of quaternary nitrogens is 1. The standard InChI is InChI=1S/C86H155NO8/c1-6-8-10-12-14-16-18-20-22-24-26-28-30-32-34-36-38-40-42-44-46-48-50-52-54-56-58-60-62-64-66-68-70-72-74-76-83(88)93-80-82(81-94-86(85(90)91)92-79-78-87(3,4)5)95-84(89)77-75-73-71-69-67-65-63-61-59-57-55-53-51-49-47-45-43-41-39-37-35-33-31-29-27-25-23-21-19-17-15-13-11-9-7-2/h9,11,15,17-18,20-21,23-24,26-27,29,33,35,82,86H,6-8,10,12-14,16,19,22,25,28,30-32,34,36-81H2,1-5H3/p+1/b11-9-,17-15-,20-18-,23-21-,26-24-,29-27-,35-33-. The maximum absolute atomic E-state index is 13.0. The van der Waals surface area contributed by atoms with Gasteiger partial charge in [0.15, 0.2) is 6.10 Å². The first kappa shape index (κ1) is 91.5. The van der Waals surface area contributed by atoms with Crippen LogP contribution in [0.5, 0.6) is 0 Å². The van der Waals surface area contributed by atoms with E-state index in [1.807, 2.05) is 21.1 Å². The Morgan fingerprint density at radius 3 is 0.895 bits per heavy atom. The van der Waals surface area contributed by atoms with Crippen LogP contribution in [0.3, 0.4) is 0 Å². The molecule has 0 aromatic carbocycles. The van der Waals surface area contributed by atoms with E-state index in [0.29, 0.717) is 17.4 Å². The van der Waals surface area contributed by atoms with E-state index >= 15 is 0 Å². The summed E-state index contributed by atoms with van der Waals surface area (Å²) in [5, 5.41) is 9.78. The highest BCUT2D eigenvalue weighted by atomic mass is 16.7. The molecule has 0 amide bonds. The Balaban J connectivity index is 3.98. The number of allylic oxidation sites excluding steroid dienone is 14. The second-order valence-corrected chi connectivity index (χ2v) is 28.7. The zero-order valence-corrected chi connectivity index (χ0v) is 63.3. The third kappa shape index (κ3) is 77.7. The Morgan fingerprint density at radius 2 is 0.600 bits per heavy atom. The van der Waals surface area contributed by atoms with Crippen molar-refractivity contribution in [3.05, 3.63) is 85.1 Å². The number of carbonyl (C=O) groups excluding carboxylic acids is 2. The van der Waals surface area contributed by atoms with Gasteiger partial charge in [0, 0.05) is 12.8 Å². The Morgan fingerprint density at radius 1 is 0.326 bits per heavy atom. The van der Waals surface area contributed by atoms with Gasteiger partial charge in [0.2, 0.25) is 0 Å². The van der Waals surface area contributed by atoms with E-state index in [0.717, 1.165) is 77.0 Å². The van der Waals surface area contributed by atoms with Crippen LogP contribution in [0.2, 0.25) is 0 Å². The second kappa shape index (κ2) is 76.2. The van der Waals surface area contributed by atoms with E-state index in [1.54, 1.807) is 0 Å². The number of likely N-dealkylation sites (N-methyl/N-ethyl adjacent to an activating group) is 1. The minimum atomic E-state index is -1.51. The number of carboxylic acid groups (broad SMARTS) is 1. The van der Waals surface area contributed by atoms with Crippen LogP contribution in [0.25, 0.3) is 0 Å². The Bertz CT molecular complexity index is 1840. The van der Waals surface area contributed by atoms with Crippen LogP contribution in [0.1, 0.15) is 386 Å². The number of nitrogens with zero attached hydrogens (tertiary/aromatic N) is 1. The minimum Gasteiger partial charge on any atom is -0.477 e. The minimum absolute atomic E-state index is 0.179. The maximum atomic E-state index is 13.0. The highest BCUT2D eigenvalue weighted by molar-refractivity contribution is 5.71. The molecule has 0 saturated carbocycles. The number of esters is 2. The van der Waals surface area contributed by atoms with Crippen molar-refractivity contribution in [3.8, 4) is 0 Å². The van der Waals surface area contributed by atoms with Gasteiger partial charge in [0.05, 0.1) is 34.4 Å². The topological polar surface area (TPSA) is 108 Å². The summed E-state index contributed by atoms with van der Waals surface area (Å²) >= 11 is 0. The predicted octanol–water partition coefficient (Wildman–Crippen LogP) is 26.2. The summed E-state index contributed by atoms with van der Waals surface area (Å²) < 4.78 is 23.1. The second-order valence-electron chi connectivity index (χ2n) is 28.7. The van der Waals surface area contributed by atoms with Crippen LogP contribution >= 0.6 is 0 Å². The van der Waals surface area contributed by atoms with Crippen LogP contribution < -0.4 is 0 Å². The molecule has 2 unspecified atom stereocenters. The number of rotatable bonds is 76. The van der Waals surface area contributed by atoms with Crippen LogP contribution in [-0.2, 0) is 33.3 Å². The summed E-state index contributed by atoms with van der Waals surface area (Å²) in [5.41, 5.74) is 0. The first-order valence-electron chi connectivity index (χ1n) is 40.8. The first-order valence-corrected chi connectivity index (χ1v) is 40.8. The fraction of sp³-hybridized carbons (Fsp3) is 0.802. The molecule has 0 radical (unpaired) electrons. The summed E-state index contributed by atoms with van der Waals surface area (Å²) in [6.07, 6.45) is 102.